The first-order valence-electron chi connectivity index (χ1n) is 17.2. The summed E-state index contributed by atoms with van der Waals surface area (Å²) in [6.07, 6.45) is 2.12. The molecule has 4 atom stereocenters. The topological polar surface area (TPSA) is 139 Å². The lowest BCUT2D eigenvalue weighted by molar-refractivity contribution is -0.131. The standard InChI is InChI=1S/C38H48N4O8/c1-25-21-42(26(2)23-43)37(45)31-19-29(39-38(46)40-30-14-16-33-34(20-30)49-24-48-33)13-15-32(31)50-27(3)10-8-9-17-47-35(25)22-41(4)36(44)18-28-11-6-5-7-12-28/h5-7,11-16,19-20,25-27,35,43H,8-10,17-18,21-24H2,1-4H3,(H2,39,40,46)/t25-,26-,27-,35+/m0/s1. The Hall–Kier alpha value is -4.81. The number of urea groups is 1. The van der Waals surface area contributed by atoms with Crippen LogP contribution in [-0.2, 0) is 16.0 Å². The zero-order valence-electron chi connectivity index (χ0n) is 29.2. The molecule has 12 heteroatoms. The quantitative estimate of drug-likeness (QED) is 0.280. The Balaban J connectivity index is 1.36. The lowest BCUT2D eigenvalue weighted by Crippen LogP contribution is -2.48. The molecule has 2 aliphatic rings. The number of aliphatic hydroxyl groups is 1. The second kappa shape index (κ2) is 17.2. The minimum Gasteiger partial charge on any atom is -0.490 e. The number of hydrogen-bond donors (Lipinski definition) is 3. The molecule has 0 aliphatic carbocycles. The SMILES string of the molecule is C[C@H]1CCCCO[C@H](CN(C)C(=O)Cc2ccccc2)[C@@H](C)CN([C@@H](C)CO)C(=O)c2cc(NC(=O)Nc3ccc4c(c3)OCO4)ccc2O1. The highest BCUT2D eigenvalue weighted by Crippen LogP contribution is 2.34. The highest BCUT2D eigenvalue weighted by atomic mass is 16.7. The van der Waals surface area contributed by atoms with E-state index in [1.54, 1.807) is 60.2 Å². The molecule has 5 rings (SSSR count). The summed E-state index contributed by atoms with van der Waals surface area (Å²) in [5, 5.41) is 15.9. The molecule has 2 heterocycles. The molecule has 3 aromatic rings. The van der Waals surface area contributed by atoms with E-state index < -0.39 is 12.1 Å². The summed E-state index contributed by atoms with van der Waals surface area (Å²) in [6.45, 7) is 6.70. The summed E-state index contributed by atoms with van der Waals surface area (Å²) in [6, 6.07) is 18.7. The Morgan fingerprint density at radius 1 is 0.960 bits per heavy atom. The van der Waals surface area contributed by atoms with E-state index in [-0.39, 0.29) is 61.9 Å². The molecule has 0 aromatic heterocycles. The molecular weight excluding hydrogens is 640 g/mol. The molecule has 3 aromatic carbocycles. The van der Waals surface area contributed by atoms with Crippen LogP contribution in [0.2, 0.25) is 0 Å². The highest BCUT2D eigenvalue weighted by molar-refractivity contribution is 6.02. The van der Waals surface area contributed by atoms with Crippen LogP contribution in [0.15, 0.2) is 66.7 Å². The molecule has 268 valence electrons. The second-order valence-electron chi connectivity index (χ2n) is 13.1. The monoisotopic (exact) mass is 688 g/mol. The lowest BCUT2D eigenvalue weighted by Gasteiger charge is -2.36. The average Bonchev–Trinajstić information content (AvgIpc) is 3.58. The number of ether oxygens (including phenoxy) is 4. The van der Waals surface area contributed by atoms with Gasteiger partial charge in [0.2, 0.25) is 12.7 Å². The molecule has 0 saturated heterocycles. The third-order valence-corrected chi connectivity index (χ3v) is 9.02. The average molecular weight is 689 g/mol. The first-order chi connectivity index (χ1) is 24.1. The smallest absolute Gasteiger partial charge is 0.323 e. The van der Waals surface area contributed by atoms with Gasteiger partial charge >= 0.3 is 6.03 Å². The molecule has 0 unspecified atom stereocenters. The third-order valence-electron chi connectivity index (χ3n) is 9.02. The van der Waals surface area contributed by atoms with Crippen molar-refractivity contribution in [2.24, 2.45) is 5.92 Å². The first kappa shape index (κ1) is 36.5. The molecule has 0 saturated carbocycles. The fraction of sp³-hybridized carbons (Fsp3) is 0.447. The largest absolute Gasteiger partial charge is 0.490 e. The molecule has 3 N–H and O–H groups in total. The number of nitrogens with one attached hydrogen (secondary N) is 2. The Morgan fingerprint density at radius 2 is 1.66 bits per heavy atom. The maximum absolute atomic E-state index is 14.4. The van der Waals surface area contributed by atoms with Crippen LogP contribution in [0.5, 0.6) is 17.2 Å². The fourth-order valence-electron chi connectivity index (χ4n) is 6.01. The summed E-state index contributed by atoms with van der Waals surface area (Å²) in [7, 11) is 1.78. The van der Waals surface area contributed by atoms with E-state index in [1.807, 2.05) is 44.2 Å². The normalized spacial score (nSPS) is 20.1. The number of anilines is 2. The van der Waals surface area contributed by atoms with Crippen molar-refractivity contribution in [2.45, 2.75) is 64.7 Å². The van der Waals surface area contributed by atoms with Crippen molar-refractivity contribution in [3.63, 3.8) is 0 Å². The van der Waals surface area contributed by atoms with Crippen LogP contribution >= 0.6 is 0 Å². The number of carbonyl (C=O) groups is 3. The molecule has 50 heavy (non-hydrogen) atoms. The van der Waals surface area contributed by atoms with Crippen molar-refractivity contribution in [1.29, 1.82) is 0 Å². The van der Waals surface area contributed by atoms with Gasteiger partial charge in [-0.15, -0.1) is 0 Å². The molecule has 0 fully saturated rings. The van der Waals surface area contributed by atoms with Gasteiger partial charge in [-0.1, -0.05) is 37.3 Å². The van der Waals surface area contributed by atoms with E-state index in [0.717, 1.165) is 24.8 Å². The lowest BCUT2D eigenvalue weighted by atomic mass is 10.0. The fourth-order valence-corrected chi connectivity index (χ4v) is 6.01. The molecular formula is C38H48N4O8. The molecule has 0 radical (unpaired) electrons. The van der Waals surface area contributed by atoms with Gasteiger partial charge in [0.15, 0.2) is 11.5 Å². The summed E-state index contributed by atoms with van der Waals surface area (Å²) in [5.41, 5.74) is 2.10. The molecule has 2 aliphatic heterocycles. The van der Waals surface area contributed by atoms with Gasteiger partial charge in [0.25, 0.3) is 5.91 Å². The minimum absolute atomic E-state index is 0.0226. The molecule has 12 nitrogen and oxygen atoms in total. The number of hydrogen-bond acceptors (Lipinski definition) is 8. The van der Waals surface area contributed by atoms with Crippen LogP contribution in [0.3, 0.4) is 0 Å². The summed E-state index contributed by atoms with van der Waals surface area (Å²) >= 11 is 0. The van der Waals surface area contributed by atoms with Crippen molar-refractivity contribution in [3.8, 4) is 17.2 Å². The zero-order chi connectivity index (χ0) is 35.6. The van der Waals surface area contributed by atoms with Gasteiger partial charge in [0, 0.05) is 50.1 Å². The van der Waals surface area contributed by atoms with Crippen LogP contribution < -0.4 is 24.8 Å². The van der Waals surface area contributed by atoms with Crippen molar-refractivity contribution < 1.29 is 38.4 Å². The van der Waals surface area contributed by atoms with Crippen molar-refractivity contribution in [1.82, 2.24) is 9.80 Å². The van der Waals surface area contributed by atoms with Crippen LogP contribution in [0.4, 0.5) is 16.2 Å². The number of likely N-dealkylation sites (N-methyl/N-ethyl adjacent to an activating group) is 1. The van der Waals surface area contributed by atoms with Gasteiger partial charge in [0.05, 0.1) is 36.8 Å². The molecule has 4 amide bonds. The van der Waals surface area contributed by atoms with E-state index in [0.29, 0.717) is 41.8 Å². The predicted molar refractivity (Wildman–Crippen MR) is 190 cm³/mol. The maximum Gasteiger partial charge on any atom is 0.323 e. The Kier molecular flexibility index (Phi) is 12.6. The van der Waals surface area contributed by atoms with E-state index in [2.05, 4.69) is 10.6 Å². The number of carbonyl (C=O) groups excluding carboxylic acids is 3. The van der Waals surface area contributed by atoms with Gasteiger partial charge in [-0.3, -0.25) is 9.59 Å². The van der Waals surface area contributed by atoms with Gasteiger partial charge in [0.1, 0.15) is 5.75 Å². The Morgan fingerprint density at radius 3 is 2.40 bits per heavy atom. The van der Waals surface area contributed by atoms with Crippen LogP contribution in [0.1, 0.15) is 56.0 Å². The van der Waals surface area contributed by atoms with E-state index >= 15 is 0 Å². The third kappa shape index (κ3) is 9.66. The molecule has 0 spiro atoms. The van der Waals surface area contributed by atoms with Crippen molar-refractivity contribution in [3.05, 3.63) is 77.9 Å². The van der Waals surface area contributed by atoms with E-state index in [9.17, 15) is 19.5 Å². The summed E-state index contributed by atoms with van der Waals surface area (Å²) in [5.74, 6) is 0.960. The number of rotatable bonds is 8. The summed E-state index contributed by atoms with van der Waals surface area (Å²) in [4.78, 5) is 43.9. The number of nitrogens with zero attached hydrogens (tertiary/aromatic N) is 2. The van der Waals surface area contributed by atoms with Gasteiger partial charge in [-0.05, 0) is 69.0 Å². The van der Waals surface area contributed by atoms with Crippen LogP contribution in [0, 0.1) is 5.92 Å². The van der Waals surface area contributed by atoms with Crippen molar-refractivity contribution in [2.75, 3.05) is 50.8 Å². The van der Waals surface area contributed by atoms with Crippen LogP contribution in [-0.4, -0.2) is 91.1 Å². The summed E-state index contributed by atoms with van der Waals surface area (Å²) < 4.78 is 23.5. The Bertz CT molecular complexity index is 1620. The maximum atomic E-state index is 14.4. The van der Waals surface area contributed by atoms with Crippen molar-refractivity contribution >= 4 is 29.2 Å². The van der Waals surface area contributed by atoms with Gasteiger partial charge in [-0.25, -0.2) is 4.79 Å². The van der Waals surface area contributed by atoms with E-state index in [4.69, 9.17) is 18.9 Å². The minimum atomic E-state index is -0.535. The highest BCUT2D eigenvalue weighted by Gasteiger charge is 2.31. The zero-order valence-corrected chi connectivity index (χ0v) is 29.2. The predicted octanol–water partition coefficient (Wildman–Crippen LogP) is 5.56. The van der Waals surface area contributed by atoms with Crippen LogP contribution in [0.25, 0.3) is 0 Å². The first-order valence-corrected chi connectivity index (χ1v) is 17.2. The number of aliphatic hydroxyl groups excluding tert-OH is 1. The van der Waals surface area contributed by atoms with E-state index in [1.165, 1.54) is 0 Å². The number of benzene rings is 3. The van der Waals surface area contributed by atoms with Gasteiger partial charge < -0.3 is 44.5 Å². The van der Waals surface area contributed by atoms with Gasteiger partial charge in [-0.2, -0.15) is 0 Å². The number of amides is 4. The molecule has 0 bridgehead atoms. The Labute approximate surface area is 293 Å². The number of fused-ring (bicyclic) bond motifs is 2. The second-order valence-corrected chi connectivity index (χ2v) is 13.1.